The molecular formula is C13H11NO4S. The van der Waals surface area contributed by atoms with E-state index in [0.717, 1.165) is 17.0 Å². The van der Waals surface area contributed by atoms with Crippen LogP contribution in [0, 0.1) is 0 Å². The zero-order valence-corrected chi connectivity index (χ0v) is 10.6. The van der Waals surface area contributed by atoms with Gasteiger partial charge in [0.25, 0.3) is 0 Å². The number of anilines is 2. The van der Waals surface area contributed by atoms with Gasteiger partial charge >= 0.3 is 11.9 Å². The van der Waals surface area contributed by atoms with E-state index < -0.39 is 11.9 Å². The van der Waals surface area contributed by atoms with Crippen LogP contribution in [0.1, 0.15) is 15.2 Å². The van der Waals surface area contributed by atoms with Gasteiger partial charge in [0, 0.05) is 5.69 Å². The predicted octanol–water partition coefficient (Wildman–Crippen LogP) is 2.82. The number of para-hydroxylation sites is 1. The molecule has 3 N–H and O–H groups in total. The molecule has 0 atom stereocenters. The predicted molar refractivity (Wildman–Crippen MR) is 72.3 cm³/mol. The molecule has 1 aromatic carbocycles. The van der Waals surface area contributed by atoms with Gasteiger partial charge in [0.05, 0.1) is 12.1 Å². The Morgan fingerprint density at radius 1 is 1.16 bits per heavy atom. The molecule has 0 fully saturated rings. The topological polar surface area (TPSA) is 86.6 Å². The monoisotopic (exact) mass is 277 g/mol. The lowest BCUT2D eigenvalue weighted by Gasteiger charge is -2.08. The molecule has 5 nitrogen and oxygen atoms in total. The fraction of sp³-hybridized carbons (Fsp3) is 0.0769. The molecular weight excluding hydrogens is 266 g/mol. The SMILES string of the molecule is O=C(O)Cc1csc(C(=O)O)c1Nc1ccccc1. The van der Waals surface area contributed by atoms with Crippen molar-refractivity contribution in [3.8, 4) is 0 Å². The number of rotatable bonds is 5. The highest BCUT2D eigenvalue weighted by atomic mass is 32.1. The number of aliphatic carboxylic acids is 1. The van der Waals surface area contributed by atoms with Gasteiger partial charge < -0.3 is 15.5 Å². The van der Waals surface area contributed by atoms with Gasteiger partial charge in [0.2, 0.25) is 0 Å². The van der Waals surface area contributed by atoms with E-state index in [9.17, 15) is 9.59 Å². The van der Waals surface area contributed by atoms with Gasteiger partial charge in [-0.15, -0.1) is 11.3 Å². The minimum Gasteiger partial charge on any atom is -0.481 e. The first-order valence-corrected chi connectivity index (χ1v) is 6.33. The number of benzene rings is 1. The molecule has 1 heterocycles. The minimum absolute atomic E-state index is 0.111. The highest BCUT2D eigenvalue weighted by Gasteiger charge is 2.19. The van der Waals surface area contributed by atoms with Crippen LogP contribution in [0.5, 0.6) is 0 Å². The third kappa shape index (κ3) is 3.11. The van der Waals surface area contributed by atoms with Crippen molar-refractivity contribution in [3.63, 3.8) is 0 Å². The van der Waals surface area contributed by atoms with Crippen LogP contribution in [0.25, 0.3) is 0 Å². The molecule has 0 amide bonds. The second kappa shape index (κ2) is 5.53. The van der Waals surface area contributed by atoms with E-state index in [1.54, 1.807) is 17.5 Å². The van der Waals surface area contributed by atoms with Crippen LogP contribution in [0.3, 0.4) is 0 Å². The summed E-state index contributed by atoms with van der Waals surface area (Å²) in [6.07, 6.45) is -0.209. The lowest BCUT2D eigenvalue weighted by molar-refractivity contribution is -0.136. The lowest BCUT2D eigenvalue weighted by atomic mass is 10.1. The van der Waals surface area contributed by atoms with Gasteiger partial charge in [0.15, 0.2) is 0 Å². The average molecular weight is 277 g/mol. The van der Waals surface area contributed by atoms with Crippen molar-refractivity contribution < 1.29 is 19.8 Å². The van der Waals surface area contributed by atoms with Gasteiger partial charge in [-0.3, -0.25) is 4.79 Å². The Labute approximate surface area is 113 Å². The molecule has 19 heavy (non-hydrogen) atoms. The standard InChI is InChI=1S/C13H11NO4S/c15-10(16)6-8-7-19-12(13(17)18)11(8)14-9-4-2-1-3-5-9/h1-5,7,14H,6H2,(H,15,16)(H,17,18). The Hall–Kier alpha value is -2.34. The molecule has 0 radical (unpaired) electrons. The maximum absolute atomic E-state index is 11.1. The van der Waals surface area contributed by atoms with Crippen LogP contribution in [-0.4, -0.2) is 22.2 Å². The van der Waals surface area contributed by atoms with Crippen molar-refractivity contribution in [2.24, 2.45) is 0 Å². The van der Waals surface area contributed by atoms with Gasteiger partial charge in [0.1, 0.15) is 4.88 Å². The Kier molecular flexibility index (Phi) is 3.82. The van der Waals surface area contributed by atoms with Gasteiger partial charge in [-0.2, -0.15) is 0 Å². The van der Waals surface area contributed by atoms with Gasteiger partial charge in [-0.25, -0.2) is 4.79 Å². The first kappa shape index (κ1) is 13.1. The van der Waals surface area contributed by atoms with Crippen LogP contribution in [0.4, 0.5) is 11.4 Å². The fourth-order valence-electron chi connectivity index (χ4n) is 1.65. The summed E-state index contributed by atoms with van der Waals surface area (Å²) in [7, 11) is 0. The molecule has 0 aliphatic carbocycles. The summed E-state index contributed by atoms with van der Waals surface area (Å²) < 4.78 is 0. The van der Waals surface area contributed by atoms with Crippen molar-refractivity contribution in [3.05, 3.63) is 46.2 Å². The highest BCUT2D eigenvalue weighted by Crippen LogP contribution is 2.31. The number of aromatic carboxylic acids is 1. The third-order valence-corrected chi connectivity index (χ3v) is 3.46. The lowest BCUT2D eigenvalue weighted by Crippen LogP contribution is -2.04. The van der Waals surface area contributed by atoms with Crippen molar-refractivity contribution >= 4 is 34.7 Å². The maximum atomic E-state index is 11.1. The van der Waals surface area contributed by atoms with Gasteiger partial charge in [-0.1, -0.05) is 18.2 Å². The molecule has 2 rings (SSSR count). The average Bonchev–Trinajstić information content (AvgIpc) is 2.73. The van der Waals surface area contributed by atoms with Crippen LogP contribution in [0.15, 0.2) is 35.7 Å². The summed E-state index contributed by atoms with van der Waals surface area (Å²) >= 11 is 1.02. The molecule has 0 bridgehead atoms. The second-order valence-electron chi connectivity index (χ2n) is 3.83. The molecule has 2 aromatic rings. The smallest absolute Gasteiger partial charge is 0.348 e. The highest BCUT2D eigenvalue weighted by molar-refractivity contribution is 7.12. The molecule has 0 saturated carbocycles. The molecule has 6 heteroatoms. The Bertz CT molecular complexity index is 606. The number of nitrogens with one attached hydrogen (secondary N) is 1. The molecule has 0 spiro atoms. The molecule has 0 saturated heterocycles. The maximum Gasteiger partial charge on any atom is 0.348 e. The Morgan fingerprint density at radius 3 is 2.42 bits per heavy atom. The van der Waals surface area contributed by atoms with Crippen molar-refractivity contribution in [2.45, 2.75) is 6.42 Å². The minimum atomic E-state index is -1.07. The fourth-order valence-corrected chi connectivity index (χ4v) is 2.51. The number of carbonyl (C=O) groups is 2. The summed E-state index contributed by atoms with van der Waals surface area (Å²) in [6, 6.07) is 9.04. The number of hydrogen-bond donors (Lipinski definition) is 3. The molecule has 98 valence electrons. The Morgan fingerprint density at radius 2 is 1.84 bits per heavy atom. The second-order valence-corrected chi connectivity index (χ2v) is 4.71. The first-order chi connectivity index (χ1) is 9.08. The summed E-state index contributed by atoms with van der Waals surface area (Å²) in [5, 5.41) is 22.5. The van der Waals surface area contributed by atoms with E-state index in [2.05, 4.69) is 5.32 Å². The summed E-state index contributed by atoms with van der Waals surface area (Å²) in [6.45, 7) is 0. The van der Waals surface area contributed by atoms with E-state index >= 15 is 0 Å². The molecule has 0 aliphatic heterocycles. The summed E-state index contributed by atoms with van der Waals surface area (Å²) in [5.74, 6) is -2.06. The van der Waals surface area contributed by atoms with Crippen LogP contribution in [-0.2, 0) is 11.2 Å². The zero-order valence-electron chi connectivity index (χ0n) is 9.79. The van der Waals surface area contributed by atoms with Gasteiger partial charge in [-0.05, 0) is 23.1 Å². The van der Waals surface area contributed by atoms with E-state index in [1.807, 2.05) is 18.2 Å². The van der Waals surface area contributed by atoms with Crippen molar-refractivity contribution in [2.75, 3.05) is 5.32 Å². The number of carboxylic acid groups (broad SMARTS) is 2. The largest absolute Gasteiger partial charge is 0.481 e. The number of carboxylic acids is 2. The van der Waals surface area contributed by atoms with E-state index in [-0.39, 0.29) is 11.3 Å². The zero-order chi connectivity index (χ0) is 13.8. The summed E-state index contributed by atoms with van der Waals surface area (Å²) in [5.41, 5.74) is 1.54. The van der Waals surface area contributed by atoms with E-state index in [1.165, 1.54) is 0 Å². The van der Waals surface area contributed by atoms with Crippen molar-refractivity contribution in [1.29, 1.82) is 0 Å². The first-order valence-electron chi connectivity index (χ1n) is 5.45. The third-order valence-electron chi connectivity index (χ3n) is 2.45. The normalized spacial score (nSPS) is 10.1. The Balaban J connectivity index is 2.37. The van der Waals surface area contributed by atoms with Crippen LogP contribution >= 0.6 is 11.3 Å². The van der Waals surface area contributed by atoms with Crippen LogP contribution < -0.4 is 5.32 Å². The molecule has 0 unspecified atom stereocenters. The number of thiophene rings is 1. The van der Waals surface area contributed by atoms with Crippen molar-refractivity contribution in [1.82, 2.24) is 0 Å². The number of hydrogen-bond acceptors (Lipinski definition) is 4. The van der Waals surface area contributed by atoms with E-state index in [0.29, 0.717) is 11.3 Å². The molecule has 1 aromatic heterocycles. The quantitative estimate of drug-likeness (QED) is 0.782. The van der Waals surface area contributed by atoms with Crippen LogP contribution in [0.2, 0.25) is 0 Å². The molecule has 0 aliphatic rings. The van der Waals surface area contributed by atoms with E-state index in [4.69, 9.17) is 10.2 Å². The summed E-state index contributed by atoms with van der Waals surface area (Å²) in [4.78, 5) is 22.0.